The van der Waals surface area contributed by atoms with Gasteiger partial charge in [0.05, 0.1) is 5.60 Å². The number of carboxylic acids is 1. The third-order valence-corrected chi connectivity index (χ3v) is 7.43. The Hall–Kier alpha value is -1.39. The van der Waals surface area contributed by atoms with Gasteiger partial charge in [-0.3, -0.25) is 4.79 Å². The molecule has 31 heavy (non-hydrogen) atoms. The SMILES string of the molecule is C[C@@](O)(C/C=C/[C@@H]1CCC(=O)[C@@H]1CCSc1nc(C(=O)O)cs1)CCCCC(F)(F)F. The first-order valence-corrected chi connectivity index (χ1v) is 12.1. The van der Waals surface area contributed by atoms with Crippen LogP contribution >= 0.6 is 23.1 Å². The highest BCUT2D eigenvalue weighted by molar-refractivity contribution is 8.01. The molecule has 0 spiro atoms. The Kier molecular flexibility index (Phi) is 9.57. The number of unbranched alkanes of at least 4 members (excludes halogenated alkanes) is 1. The number of carbonyl (C=O) groups is 2. The van der Waals surface area contributed by atoms with E-state index in [0.717, 1.165) is 6.42 Å². The number of halogens is 3. The van der Waals surface area contributed by atoms with E-state index in [0.29, 0.717) is 42.2 Å². The first kappa shape index (κ1) is 25.9. The molecule has 1 aliphatic rings. The van der Waals surface area contributed by atoms with Crippen molar-refractivity contribution in [2.75, 3.05) is 5.75 Å². The second kappa shape index (κ2) is 11.5. The Balaban J connectivity index is 1.76. The van der Waals surface area contributed by atoms with Crippen LogP contribution in [0, 0.1) is 11.8 Å². The first-order chi connectivity index (χ1) is 14.5. The van der Waals surface area contributed by atoms with Gasteiger partial charge in [-0.1, -0.05) is 30.3 Å². The van der Waals surface area contributed by atoms with Crippen LogP contribution in [-0.4, -0.2) is 44.5 Å². The average Bonchev–Trinajstić information content (AvgIpc) is 3.26. The van der Waals surface area contributed by atoms with Crippen molar-refractivity contribution in [3.8, 4) is 0 Å². The normalized spacial score (nSPS) is 21.6. The average molecular weight is 480 g/mol. The summed E-state index contributed by atoms with van der Waals surface area (Å²) in [6.45, 7) is 1.62. The molecule has 2 rings (SSSR count). The molecule has 3 atom stereocenters. The van der Waals surface area contributed by atoms with Crippen molar-refractivity contribution in [3.63, 3.8) is 0 Å². The number of aromatic carboxylic acids is 1. The molecule has 0 unspecified atom stereocenters. The van der Waals surface area contributed by atoms with Gasteiger partial charge in [0.15, 0.2) is 10.0 Å². The zero-order valence-corrected chi connectivity index (χ0v) is 19.0. The second-order valence-corrected chi connectivity index (χ2v) is 10.4. The number of thioether (sulfide) groups is 1. The van der Waals surface area contributed by atoms with Crippen molar-refractivity contribution >= 4 is 34.9 Å². The largest absolute Gasteiger partial charge is 0.476 e. The molecule has 5 nitrogen and oxygen atoms in total. The fourth-order valence-corrected chi connectivity index (χ4v) is 5.56. The number of Topliss-reactive ketones (excluding diaryl/α,β-unsaturated/α-hetero) is 1. The molecule has 0 radical (unpaired) electrons. The predicted octanol–water partition coefficient (Wildman–Crippen LogP) is 5.74. The van der Waals surface area contributed by atoms with E-state index in [1.54, 1.807) is 6.92 Å². The van der Waals surface area contributed by atoms with Crippen LogP contribution in [-0.2, 0) is 4.79 Å². The maximum Gasteiger partial charge on any atom is 0.389 e. The smallest absolute Gasteiger partial charge is 0.389 e. The van der Waals surface area contributed by atoms with Gasteiger partial charge in [-0.05, 0) is 44.9 Å². The van der Waals surface area contributed by atoms with Crippen LogP contribution in [0.1, 0.15) is 68.8 Å². The molecule has 174 valence electrons. The Morgan fingerprint density at radius 2 is 2.06 bits per heavy atom. The summed E-state index contributed by atoms with van der Waals surface area (Å²) < 4.78 is 37.3. The fourth-order valence-electron chi connectivity index (χ4n) is 3.66. The molecule has 1 saturated carbocycles. The highest BCUT2D eigenvalue weighted by atomic mass is 32.2. The zero-order valence-electron chi connectivity index (χ0n) is 17.4. The summed E-state index contributed by atoms with van der Waals surface area (Å²) in [5.74, 6) is -0.223. The van der Waals surface area contributed by atoms with E-state index in [4.69, 9.17) is 5.11 Å². The minimum Gasteiger partial charge on any atom is -0.476 e. The molecule has 1 aliphatic carbocycles. The van der Waals surface area contributed by atoms with Gasteiger partial charge in [0.1, 0.15) is 5.78 Å². The van der Waals surface area contributed by atoms with Gasteiger partial charge >= 0.3 is 12.1 Å². The molecule has 0 bridgehead atoms. The molecule has 1 heterocycles. The van der Waals surface area contributed by atoms with E-state index in [9.17, 15) is 27.9 Å². The molecule has 0 amide bonds. The lowest BCUT2D eigenvalue weighted by molar-refractivity contribution is -0.136. The lowest BCUT2D eigenvalue weighted by Gasteiger charge is -2.22. The number of thiazole rings is 1. The van der Waals surface area contributed by atoms with E-state index >= 15 is 0 Å². The number of hydrogen-bond donors (Lipinski definition) is 2. The third-order valence-electron chi connectivity index (χ3n) is 5.38. The number of nitrogens with zero attached hydrogens (tertiary/aromatic N) is 1. The Labute approximate surface area is 188 Å². The molecule has 0 aromatic carbocycles. The third kappa shape index (κ3) is 9.33. The van der Waals surface area contributed by atoms with Crippen LogP contribution in [0.4, 0.5) is 13.2 Å². The first-order valence-electron chi connectivity index (χ1n) is 10.3. The van der Waals surface area contributed by atoms with E-state index in [1.165, 1.54) is 28.5 Å². The highest BCUT2D eigenvalue weighted by Crippen LogP contribution is 2.35. The van der Waals surface area contributed by atoms with Gasteiger partial charge in [0.2, 0.25) is 0 Å². The topological polar surface area (TPSA) is 87.5 Å². The van der Waals surface area contributed by atoms with Crippen LogP contribution in [0.3, 0.4) is 0 Å². The highest BCUT2D eigenvalue weighted by Gasteiger charge is 2.33. The summed E-state index contributed by atoms with van der Waals surface area (Å²) in [6, 6.07) is 0. The number of rotatable bonds is 12. The Morgan fingerprint density at radius 1 is 1.35 bits per heavy atom. The summed E-state index contributed by atoms with van der Waals surface area (Å²) in [7, 11) is 0. The summed E-state index contributed by atoms with van der Waals surface area (Å²) in [6.07, 6.45) is 1.67. The van der Waals surface area contributed by atoms with Gasteiger partial charge in [-0.15, -0.1) is 11.3 Å². The number of aromatic nitrogens is 1. The monoisotopic (exact) mass is 479 g/mol. The second-order valence-electron chi connectivity index (χ2n) is 8.17. The fraction of sp³-hybridized carbons (Fsp3) is 0.667. The number of allylic oxidation sites excluding steroid dienone is 1. The molecular formula is C21H28F3NO4S2. The number of aliphatic hydroxyl groups is 1. The van der Waals surface area contributed by atoms with Crippen molar-refractivity contribution in [2.24, 2.45) is 11.8 Å². The van der Waals surface area contributed by atoms with Crippen molar-refractivity contribution in [2.45, 2.75) is 74.4 Å². The van der Waals surface area contributed by atoms with Crippen molar-refractivity contribution in [1.82, 2.24) is 4.98 Å². The van der Waals surface area contributed by atoms with E-state index < -0.39 is 24.2 Å². The Bertz CT molecular complexity index is 777. The molecular weight excluding hydrogens is 451 g/mol. The summed E-state index contributed by atoms with van der Waals surface area (Å²) >= 11 is 2.71. The van der Waals surface area contributed by atoms with Crippen molar-refractivity contribution < 1.29 is 33.0 Å². The number of carbonyl (C=O) groups excluding carboxylic acids is 1. The number of alkyl halides is 3. The lowest BCUT2D eigenvalue weighted by atomic mass is 9.90. The van der Waals surface area contributed by atoms with Crippen LogP contribution in [0.15, 0.2) is 21.9 Å². The minimum absolute atomic E-state index is 0.00723. The predicted molar refractivity (Wildman–Crippen MR) is 115 cm³/mol. The number of hydrogen-bond acceptors (Lipinski definition) is 6. The number of ketones is 1. The summed E-state index contributed by atoms with van der Waals surface area (Å²) in [5.41, 5.74) is -1.04. The molecule has 1 fully saturated rings. The van der Waals surface area contributed by atoms with E-state index in [2.05, 4.69) is 4.98 Å². The molecule has 1 aromatic rings. The number of carboxylic acid groups (broad SMARTS) is 1. The quantitative estimate of drug-likeness (QED) is 0.226. The minimum atomic E-state index is -4.16. The Morgan fingerprint density at radius 3 is 2.71 bits per heavy atom. The van der Waals surface area contributed by atoms with Gasteiger partial charge in [-0.25, -0.2) is 9.78 Å². The van der Waals surface area contributed by atoms with Crippen LogP contribution in [0.25, 0.3) is 0 Å². The molecule has 2 N–H and O–H groups in total. The standard InChI is InChI=1S/C21H28F3NO4S2/c1-20(29,9-2-3-11-21(22,23)24)10-4-5-14-6-7-17(26)15(14)8-12-30-19-25-16(13-31-19)18(27)28/h4-5,13-15,29H,2-3,6-12H2,1H3,(H,27,28)/b5-4+/t14-,15-,20+/m1/s1. The van der Waals surface area contributed by atoms with Crippen LogP contribution < -0.4 is 0 Å². The van der Waals surface area contributed by atoms with Gasteiger partial charge in [0.25, 0.3) is 0 Å². The zero-order chi connectivity index (χ0) is 23.1. The van der Waals surface area contributed by atoms with Gasteiger partial charge in [-0.2, -0.15) is 13.2 Å². The molecule has 1 aromatic heterocycles. The van der Waals surface area contributed by atoms with Crippen molar-refractivity contribution in [1.29, 1.82) is 0 Å². The van der Waals surface area contributed by atoms with Crippen LogP contribution in [0.5, 0.6) is 0 Å². The van der Waals surface area contributed by atoms with Gasteiger partial charge < -0.3 is 10.2 Å². The van der Waals surface area contributed by atoms with E-state index in [-0.39, 0.29) is 29.7 Å². The summed E-state index contributed by atoms with van der Waals surface area (Å²) in [5, 5.41) is 20.8. The summed E-state index contributed by atoms with van der Waals surface area (Å²) in [4.78, 5) is 27.2. The lowest BCUT2D eigenvalue weighted by Crippen LogP contribution is -2.23. The maximum absolute atomic E-state index is 12.3. The molecule has 10 heteroatoms. The molecule has 0 saturated heterocycles. The van der Waals surface area contributed by atoms with Crippen molar-refractivity contribution in [3.05, 3.63) is 23.2 Å². The maximum atomic E-state index is 12.3. The van der Waals surface area contributed by atoms with Crippen LogP contribution in [0.2, 0.25) is 0 Å². The molecule has 0 aliphatic heterocycles. The van der Waals surface area contributed by atoms with Gasteiger partial charge in [0, 0.05) is 29.9 Å². The van der Waals surface area contributed by atoms with E-state index in [1.807, 2.05) is 12.2 Å².